The third-order valence-corrected chi connectivity index (χ3v) is 7.27. The van der Waals surface area contributed by atoms with E-state index in [1.165, 1.54) is 31.3 Å². The van der Waals surface area contributed by atoms with Crippen LogP contribution >= 0.6 is 46.4 Å². The molecular formula is C25H15Cl4F2N3O2. The van der Waals surface area contributed by atoms with Crippen LogP contribution in [0.25, 0.3) is 0 Å². The van der Waals surface area contributed by atoms with Gasteiger partial charge in [-0.2, -0.15) is 5.26 Å². The van der Waals surface area contributed by atoms with E-state index in [1.807, 2.05) is 6.07 Å². The number of hydrogen-bond acceptors (Lipinski definition) is 3. The van der Waals surface area contributed by atoms with Crippen molar-refractivity contribution in [3.05, 3.63) is 93.0 Å². The Kier molecular flexibility index (Phi) is 7.18. The van der Waals surface area contributed by atoms with E-state index in [9.17, 15) is 23.6 Å². The zero-order valence-electron chi connectivity index (χ0n) is 18.3. The highest BCUT2D eigenvalue weighted by Gasteiger charge is 2.67. The molecule has 0 bridgehead atoms. The van der Waals surface area contributed by atoms with Crippen molar-refractivity contribution in [2.24, 2.45) is 5.92 Å². The van der Waals surface area contributed by atoms with Gasteiger partial charge in [0, 0.05) is 29.7 Å². The molecule has 1 saturated carbocycles. The molecule has 0 saturated heterocycles. The van der Waals surface area contributed by atoms with Gasteiger partial charge < -0.3 is 10.2 Å². The normalized spacial score (nSPS) is 17.7. The van der Waals surface area contributed by atoms with Crippen molar-refractivity contribution >= 4 is 69.6 Å². The minimum absolute atomic E-state index is 0.0236. The number of benzene rings is 3. The molecule has 0 aliphatic heterocycles. The molecule has 1 aliphatic carbocycles. The zero-order valence-corrected chi connectivity index (χ0v) is 21.4. The van der Waals surface area contributed by atoms with Gasteiger partial charge in [-0.15, -0.1) is 23.2 Å². The number of amides is 2. The van der Waals surface area contributed by atoms with Crippen molar-refractivity contribution in [2.75, 3.05) is 17.3 Å². The maximum Gasteiger partial charge on any atom is 0.259 e. The summed E-state index contributed by atoms with van der Waals surface area (Å²) in [5.41, 5.74) is 0.887. The first-order valence-electron chi connectivity index (χ1n) is 10.4. The molecular weight excluding hydrogens is 554 g/mol. The Morgan fingerprint density at radius 1 is 1.06 bits per heavy atom. The highest BCUT2D eigenvalue weighted by molar-refractivity contribution is 6.53. The van der Waals surface area contributed by atoms with Gasteiger partial charge in [0.2, 0.25) is 5.91 Å². The van der Waals surface area contributed by atoms with Crippen LogP contribution in [-0.2, 0) is 4.79 Å². The summed E-state index contributed by atoms with van der Waals surface area (Å²) in [7, 11) is 1.31. The third kappa shape index (κ3) is 5.00. The van der Waals surface area contributed by atoms with E-state index in [4.69, 9.17) is 46.4 Å². The summed E-state index contributed by atoms with van der Waals surface area (Å²) in [5.74, 6) is -4.40. The van der Waals surface area contributed by atoms with E-state index in [-0.39, 0.29) is 22.0 Å². The quantitative estimate of drug-likeness (QED) is 0.339. The summed E-state index contributed by atoms with van der Waals surface area (Å²) < 4.78 is 26.0. The van der Waals surface area contributed by atoms with E-state index in [2.05, 4.69) is 5.32 Å². The van der Waals surface area contributed by atoms with Crippen LogP contribution in [0.15, 0.2) is 54.6 Å². The van der Waals surface area contributed by atoms with E-state index in [0.717, 1.165) is 17.0 Å². The molecule has 36 heavy (non-hydrogen) atoms. The highest BCUT2D eigenvalue weighted by Crippen LogP contribution is 2.65. The molecule has 2 amide bonds. The Labute approximate surface area is 225 Å². The third-order valence-electron chi connectivity index (χ3n) is 5.78. The van der Waals surface area contributed by atoms with Gasteiger partial charge in [0.05, 0.1) is 33.8 Å². The second-order valence-corrected chi connectivity index (χ2v) is 10.4. The molecule has 0 radical (unpaired) electrons. The smallest absolute Gasteiger partial charge is 0.259 e. The van der Waals surface area contributed by atoms with Gasteiger partial charge in [-0.3, -0.25) is 9.59 Å². The first-order valence-corrected chi connectivity index (χ1v) is 11.9. The van der Waals surface area contributed by atoms with E-state index < -0.39 is 39.6 Å². The second kappa shape index (κ2) is 9.87. The Morgan fingerprint density at radius 2 is 1.78 bits per heavy atom. The van der Waals surface area contributed by atoms with Crippen LogP contribution in [-0.4, -0.2) is 23.2 Å². The number of alkyl halides is 2. The number of nitrogens with zero attached hydrogens (tertiary/aromatic N) is 2. The summed E-state index contributed by atoms with van der Waals surface area (Å²) in [6.45, 7) is 0. The fraction of sp³-hybridized carbons (Fsp3) is 0.160. The van der Waals surface area contributed by atoms with Crippen molar-refractivity contribution in [3.63, 3.8) is 0 Å². The van der Waals surface area contributed by atoms with Gasteiger partial charge in [-0.1, -0.05) is 23.2 Å². The fourth-order valence-electron chi connectivity index (χ4n) is 3.95. The number of nitrogens with one attached hydrogen (secondary N) is 1. The average molecular weight is 569 g/mol. The summed E-state index contributed by atoms with van der Waals surface area (Å²) in [5, 5.41) is 12.2. The largest absolute Gasteiger partial charge is 0.326 e. The van der Waals surface area contributed by atoms with Crippen molar-refractivity contribution < 1.29 is 18.4 Å². The molecule has 0 heterocycles. The summed E-state index contributed by atoms with van der Waals surface area (Å²) in [4.78, 5) is 27.0. The SMILES string of the molecule is CN(C(=O)c1cc(NC(=O)C2C(c3cc(Cl)cc(C#N)c3)C2(Cl)Cl)ccc1Cl)c1ccc(F)cc1F. The Balaban J connectivity index is 1.55. The first-order chi connectivity index (χ1) is 16.9. The molecule has 1 N–H and O–H groups in total. The van der Waals surface area contributed by atoms with Crippen LogP contribution in [0.1, 0.15) is 27.4 Å². The molecule has 1 fully saturated rings. The molecule has 0 aromatic heterocycles. The molecule has 0 spiro atoms. The van der Waals surface area contributed by atoms with Gasteiger partial charge >= 0.3 is 0 Å². The molecule has 5 nitrogen and oxygen atoms in total. The predicted octanol–water partition coefficient (Wildman–Crippen LogP) is 6.95. The Morgan fingerprint density at radius 3 is 2.44 bits per heavy atom. The lowest BCUT2D eigenvalue weighted by atomic mass is 10.1. The van der Waals surface area contributed by atoms with Gasteiger partial charge in [0.25, 0.3) is 5.91 Å². The molecule has 1 aliphatic rings. The van der Waals surface area contributed by atoms with Gasteiger partial charge in [0.15, 0.2) is 0 Å². The predicted molar refractivity (Wildman–Crippen MR) is 136 cm³/mol. The van der Waals surface area contributed by atoms with E-state index in [1.54, 1.807) is 12.1 Å². The Bertz CT molecular complexity index is 1440. The lowest BCUT2D eigenvalue weighted by Gasteiger charge is -2.19. The minimum Gasteiger partial charge on any atom is -0.326 e. The average Bonchev–Trinajstić information content (AvgIpc) is 3.41. The minimum atomic E-state index is -1.44. The monoisotopic (exact) mass is 567 g/mol. The van der Waals surface area contributed by atoms with Gasteiger partial charge in [-0.05, 0) is 54.1 Å². The topological polar surface area (TPSA) is 73.2 Å². The molecule has 3 aromatic rings. The van der Waals surface area contributed by atoms with E-state index >= 15 is 0 Å². The van der Waals surface area contributed by atoms with Crippen molar-refractivity contribution in [2.45, 2.75) is 10.3 Å². The van der Waals surface area contributed by atoms with Crippen LogP contribution in [0.2, 0.25) is 10.0 Å². The molecule has 2 unspecified atom stereocenters. The second-order valence-electron chi connectivity index (χ2n) is 8.16. The standard InChI is InChI=1S/C25H15Cl4F2N3O2/c1-34(20-5-2-15(30)9-19(20)31)24(36)17-10-16(3-4-18(17)27)33-23(35)22-21(25(22,28)29)13-6-12(11-32)7-14(26)8-13/h2-10,21-22H,1H3,(H,33,35). The lowest BCUT2D eigenvalue weighted by molar-refractivity contribution is -0.117. The number of anilines is 2. The molecule has 11 heteroatoms. The summed E-state index contributed by atoms with van der Waals surface area (Å²) >= 11 is 25.1. The van der Waals surface area contributed by atoms with Gasteiger partial charge in [-0.25, -0.2) is 8.78 Å². The molecule has 184 valence electrons. The van der Waals surface area contributed by atoms with E-state index in [0.29, 0.717) is 22.2 Å². The van der Waals surface area contributed by atoms with Crippen LogP contribution in [0, 0.1) is 28.9 Å². The lowest BCUT2D eigenvalue weighted by Crippen LogP contribution is -2.27. The number of rotatable bonds is 5. The highest BCUT2D eigenvalue weighted by atomic mass is 35.5. The van der Waals surface area contributed by atoms with Crippen molar-refractivity contribution in [3.8, 4) is 6.07 Å². The Hall–Kier alpha value is -2.89. The van der Waals surface area contributed by atoms with Gasteiger partial charge in [0.1, 0.15) is 16.0 Å². The molecule has 3 aromatic carbocycles. The van der Waals surface area contributed by atoms with Crippen LogP contribution < -0.4 is 10.2 Å². The van der Waals surface area contributed by atoms with Crippen molar-refractivity contribution in [1.29, 1.82) is 5.26 Å². The number of carbonyl (C=O) groups is 2. The fourth-order valence-corrected chi connectivity index (χ4v) is 5.22. The zero-order chi connectivity index (χ0) is 26.4. The number of halogens is 6. The summed E-state index contributed by atoms with van der Waals surface area (Å²) in [6, 6.07) is 13.6. The summed E-state index contributed by atoms with van der Waals surface area (Å²) in [6.07, 6.45) is 0. The number of carbonyl (C=O) groups excluding carboxylic acids is 2. The van der Waals surface area contributed by atoms with Crippen molar-refractivity contribution in [1.82, 2.24) is 0 Å². The number of nitriles is 1. The van der Waals surface area contributed by atoms with Crippen LogP contribution in [0.5, 0.6) is 0 Å². The molecule has 2 atom stereocenters. The van der Waals surface area contributed by atoms with Crippen LogP contribution in [0.4, 0.5) is 20.2 Å². The van der Waals surface area contributed by atoms with Crippen LogP contribution in [0.3, 0.4) is 0 Å². The molecule has 4 rings (SSSR count). The maximum atomic E-state index is 14.2. The maximum absolute atomic E-state index is 14.2. The first kappa shape index (κ1) is 26.2. The number of hydrogen-bond donors (Lipinski definition) is 1.